The summed E-state index contributed by atoms with van der Waals surface area (Å²) in [4.78, 5) is 27.6. The number of anilines is 5. The van der Waals surface area contributed by atoms with Crippen molar-refractivity contribution < 1.29 is 26.4 Å². The number of rotatable bonds is 7. The summed E-state index contributed by atoms with van der Waals surface area (Å²) >= 11 is 0. The fourth-order valence-corrected chi connectivity index (χ4v) is 3.87. The standard InChI is InChI=1S/C21H21F3N8O3S/c1-11-8-25-16(19(28-11)32(2)36(3,34)35)10-26-18-14(21(22,23)24)9-27-20(31-18)29-13-4-5-15-12(6-13)7-17(33)30-15/h4-6,8-9H,7,10H2,1-3H3,(H,30,33)(H2,26,27,29,31). The topological polar surface area (TPSA) is 142 Å². The number of sulfonamides is 1. The number of carbonyl (C=O) groups is 1. The maximum atomic E-state index is 13.6. The summed E-state index contributed by atoms with van der Waals surface area (Å²) in [6, 6.07) is 4.98. The van der Waals surface area contributed by atoms with Gasteiger partial charge in [-0.15, -0.1) is 0 Å². The van der Waals surface area contributed by atoms with E-state index in [2.05, 4.69) is 35.9 Å². The first-order chi connectivity index (χ1) is 16.8. The van der Waals surface area contributed by atoms with E-state index in [1.807, 2.05) is 0 Å². The number of nitrogens with zero attached hydrogens (tertiary/aromatic N) is 5. The lowest BCUT2D eigenvalue weighted by Crippen LogP contribution is -2.28. The Balaban J connectivity index is 1.63. The van der Waals surface area contributed by atoms with Crippen molar-refractivity contribution in [2.24, 2.45) is 0 Å². The molecule has 1 amide bonds. The molecule has 1 aromatic carbocycles. The van der Waals surface area contributed by atoms with Gasteiger partial charge in [0.05, 0.1) is 24.9 Å². The van der Waals surface area contributed by atoms with Gasteiger partial charge in [0.15, 0.2) is 5.82 Å². The van der Waals surface area contributed by atoms with Crippen molar-refractivity contribution in [2.45, 2.75) is 26.1 Å². The predicted molar refractivity (Wildman–Crippen MR) is 126 cm³/mol. The number of hydrogen-bond donors (Lipinski definition) is 3. The Labute approximate surface area is 204 Å². The van der Waals surface area contributed by atoms with Gasteiger partial charge in [-0.1, -0.05) is 0 Å². The highest BCUT2D eigenvalue weighted by Gasteiger charge is 2.35. The molecule has 1 aliphatic heterocycles. The number of alkyl halides is 3. The molecule has 3 N–H and O–H groups in total. The maximum absolute atomic E-state index is 13.6. The van der Waals surface area contributed by atoms with Crippen molar-refractivity contribution >= 4 is 44.9 Å². The zero-order valence-corrected chi connectivity index (χ0v) is 20.1. The van der Waals surface area contributed by atoms with E-state index in [1.54, 1.807) is 25.1 Å². The molecule has 0 atom stereocenters. The molecule has 11 nitrogen and oxygen atoms in total. The fourth-order valence-electron chi connectivity index (χ4n) is 3.41. The van der Waals surface area contributed by atoms with Crippen LogP contribution in [-0.2, 0) is 34.0 Å². The normalized spacial score (nSPS) is 13.2. The molecule has 4 rings (SSSR count). The van der Waals surface area contributed by atoms with Gasteiger partial charge in [-0.3, -0.25) is 14.1 Å². The van der Waals surface area contributed by atoms with Crippen LogP contribution in [0.5, 0.6) is 0 Å². The van der Waals surface area contributed by atoms with Crippen LogP contribution in [0.15, 0.2) is 30.6 Å². The van der Waals surface area contributed by atoms with Gasteiger partial charge in [-0.05, 0) is 30.7 Å². The Morgan fingerprint density at radius 2 is 1.92 bits per heavy atom. The largest absolute Gasteiger partial charge is 0.421 e. The summed E-state index contributed by atoms with van der Waals surface area (Å²) in [5, 5.41) is 8.12. The van der Waals surface area contributed by atoms with Gasteiger partial charge in [0.2, 0.25) is 21.9 Å². The number of carbonyl (C=O) groups excluding carboxylic acids is 1. The second-order valence-corrected chi connectivity index (χ2v) is 10.1. The van der Waals surface area contributed by atoms with Crippen molar-refractivity contribution in [3.63, 3.8) is 0 Å². The van der Waals surface area contributed by atoms with E-state index < -0.39 is 27.6 Å². The van der Waals surface area contributed by atoms with Crippen LogP contribution in [0.2, 0.25) is 0 Å². The fraction of sp³-hybridized carbons (Fsp3) is 0.286. The van der Waals surface area contributed by atoms with Crippen molar-refractivity contribution in [3.05, 3.63) is 53.1 Å². The average molecular weight is 523 g/mol. The number of nitrogens with one attached hydrogen (secondary N) is 3. The molecule has 15 heteroatoms. The van der Waals surface area contributed by atoms with Gasteiger partial charge in [0.1, 0.15) is 17.1 Å². The summed E-state index contributed by atoms with van der Waals surface area (Å²) in [6.07, 6.45) is -1.58. The quantitative estimate of drug-likeness (QED) is 0.427. The second-order valence-electron chi connectivity index (χ2n) is 8.04. The smallest absolute Gasteiger partial charge is 0.364 e. The minimum atomic E-state index is -4.76. The monoisotopic (exact) mass is 522 g/mol. The van der Waals surface area contributed by atoms with Crippen molar-refractivity contribution in [1.29, 1.82) is 0 Å². The molecule has 0 radical (unpaired) electrons. The number of benzene rings is 1. The van der Waals surface area contributed by atoms with E-state index in [9.17, 15) is 26.4 Å². The molecule has 1 aliphatic rings. The first kappa shape index (κ1) is 25.1. The summed E-state index contributed by atoms with van der Waals surface area (Å²) in [5.74, 6) is -0.827. The van der Waals surface area contributed by atoms with Gasteiger partial charge >= 0.3 is 6.18 Å². The van der Waals surface area contributed by atoms with Crippen LogP contribution in [0, 0.1) is 6.92 Å². The zero-order valence-electron chi connectivity index (χ0n) is 19.3. The Morgan fingerprint density at radius 3 is 2.61 bits per heavy atom. The van der Waals surface area contributed by atoms with Gasteiger partial charge in [-0.25, -0.2) is 18.4 Å². The number of amides is 1. The first-order valence-corrected chi connectivity index (χ1v) is 12.3. The van der Waals surface area contributed by atoms with Crippen LogP contribution in [0.4, 0.5) is 42.1 Å². The second kappa shape index (κ2) is 9.22. The lowest BCUT2D eigenvalue weighted by molar-refractivity contribution is -0.137. The first-order valence-electron chi connectivity index (χ1n) is 10.5. The molecule has 0 unspecified atom stereocenters. The van der Waals surface area contributed by atoms with Crippen LogP contribution in [-0.4, -0.2) is 47.6 Å². The molecule has 0 bridgehead atoms. The van der Waals surface area contributed by atoms with E-state index in [1.165, 1.54) is 13.2 Å². The number of fused-ring (bicyclic) bond motifs is 1. The molecular weight excluding hydrogens is 501 g/mol. The SMILES string of the molecule is Cc1cnc(CNc2nc(Nc3ccc4c(c3)CC(=O)N4)ncc2C(F)(F)F)c(N(C)S(C)(=O)=O)n1. The summed E-state index contributed by atoms with van der Waals surface area (Å²) < 4.78 is 65.8. The molecule has 36 heavy (non-hydrogen) atoms. The summed E-state index contributed by atoms with van der Waals surface area (Å²) in [6.45, 7) is 1.31. The van der Waals surface area contributed by atoms with Crippen LogP contribution in [0.1, 0.15) is 22.5 Å². The lowest BCUT2D eigenvalue weighted by atomic mass is 10.1. The molecule has 190 valence electrons. The van der Waals surface area contributed by atoms with Gasteiger partial charge in [0, 0.05) is 30.8 Å². The Kier molecular flexibility index (Phi) is 6.43. The van der Waals surface area contributed by atoms with Crippen LogP contribution < -0.4 is 20.3 Å². The number of aromatic nitrogens is 4. The Hall–Kier alpha value is -4.01. The average Bonchev–Trinajstić information content (AvgIpc) is 3.15. The number of halogens is 3. The minimum Gasteiger partial charge on any atom is -0.364 e. The van der Waals surface area contributed by atoms with E-state index >= 15 is 0 Å². The van der Waals surface area contributed by atoms with Crippen molar-refractivity contribution in [2.75, 3.05) is 33.6 Å². The predicted octanol–water partition coefficient (Wildman–Crippen LogP) is 2.84. The highest BCUT2D eigenvalue weighted by molar-refractivity contribution is 7.92. The van der Waals surface area contributed by atoms with E-state index in [0.29, 0.717) is 23.3 Å². The van der Waals surface area contributed by atoms with Crippen LogP contribution >= 0.6 is 0 Å². The van der Waals surface area contributed by atoms with Crippen LogP contribution in [0.3, 0.4) is 0 Å². The van der Waals surface area contributed by atoms with Gasteiger partial charge in [0.25, 0.3) is 0 Å². The third-order valence-corrected chi connectivity index (χ3v) is 6.42. The lowest BCUT2D eigenvalue weighted by Gasteiger charge is -2.20. The molecule has 3 aromatic rings. The third kappa shape index (κ3) is 5.45. The molecule has 0 spiro atoms. The van der Waals surface area contributed by atoms with E-state index in [4.69, 9.17) is 0 Å². The minimum absolute atomic E-state index is 0.0211. The maximum Gasteiger partial charge on any atom is 0.421 e. The molecule has 3 heterocycles. The molecule has 0 aliphatic carbocycles. The van der Waals surface area contributed by atoms with Crippen molar-refractivity contribution in [3.8, 4) is 0 Å². The third-order valence-electron chi connectivity index (χ3n) is 5.25. The van der Waals surface area contributed by atoms with E-state index in [0.717, 1.165) is 16.1 Å². The molecular formula is C21H21F3N8O3S. The summed E-state index contributed by atoms with van der Waals surface area (Å²) in [5.41, 5.74) is 1.30. The molecule has 0 saturated heterocycles. The number of aryl methyl sites for hydroxylation is 1. The Bertz CT molecular complexity index is 1450. The highest BCUT2D eigenvalue weighted by Crippen LogP contribution is 2.35. The highest BCUT2D eigenvalue weighted by atomic mass is 32.2. The summed E-state index contributed by atoms with van der Waals surface area (Å²) in [7, 11) is -2.42. The Morgan fingerprint density at radius 1 is 1.17 bits per heavy atom. The van der Waals surface area contributed by atoms with Crippen molar-refractivity contribution in [1.82, 2.24) is 19.9 Å². The number of hydrogen-bond acceptors (Lipinski definition) is 9. The zero-order chi connectivity index (χ0) is 26.3. The van der Waals surface area contributed by atoms with Crippen LogP contribution in [0.25, 0.3) is 0 Å². The van der Waals surface area contributed by atoms with Gasteiger partial charge < -0.3 is 16.0 Å². The molecule has 0 saturated carbocycles. The van der Waals surface area contributed by atoms with Gasteiger partial charge in [-0.2, -0.15) is 18.2 Å². The molecule has 0 fully saturated rings. The van der Waals surface area contributed by atoms with E-state index in [-0.39, 0.29) is 36.3 Å². The molecule has 2 aromatic heterocycles.